The molecule has 0 fully saturated rings. The molecule has 2 heterocycles. The number of benzene rings is 1. The number of rotatable bonds is 2. The van der Waals surface area contributed by atoms with Crippen molar-refractivity contribution in [2.75, 3.05) is 5.32 Å². The topological polar surface area (TPSA) is 64.1 Å². The van der Waals surface area contributed by atoms with Crippen LogP contribution in [0.3, 0.4) is 0 Å². The molecular formula is C11H9N3O2. The lowest BCUT2D eigenvalue weighted by atomic mass is 10.2. The Morgan fingerprint density at radius 2 is 2.00 bits per heavy atom. The molecule has 0 saturated carbocycles. The van der Waals surface area contributed by atoms with Gasteiger partial charge in [-0.2, -0.15) is 0 Å². The van der Waals surface area contributed by atoms with Crippen LogP contribution < -0.4 is 5.32 Å². The van der Waals surface area contributed by atoms with Gasteiger partial charge in [0.25, 0.3) is 0 Å². The van der Waals surface area contributed by atoms with E-state index < -0.39 is 0 Å². The summed E-state index contributed by atoms with van der Waals surface area (Å²) in [5.74, 6) is 0.660. The van der Waals surface area contributed by atoms with Crippen molar-refractivity contribution >= 4 is 22.6 Å². The maximum atomic E-state index is 5.20. The molecule has 80 valence electrons. The van der Waals surface area contributed by atoms with Crippen LogP contribution in [0.25, 0.3) is 11.0 Å². The lowest BCUT2D eigenvalue weighted by molar-refractivity contribution is 0.315. The van der Waals surface area contributed by atoms with Crippen molar-refractivity contribution in [2.24, 2.45) is 0 Å². The van der Waals surface area contributed by atoms with Crippen LogP contribution in [0.15, 0.2) is 39.6 Å². The van der Waals surface area contributed by atoms with E-state index in [0.717, 1.165) is 16.8 Å². The number of anilines is 2. The molecule has 1 aromatic carbocycles. The fourth-order valence-corrected chi connectivity index (χ4v) is 1.57. The molecule has 0 saturated heterocycles. The smallest absolute Gasteiger partial charge is 0.197 e. The van der Waals surface area contributed by atoms with E-state index in [1.54, 1.807) is 6.26 Å². The predicted molar refractivity (Wildman–Crippen MR) is 58.5 cm³/mol. The Balaban J connectivity index is 2.10. The standard InChI is InChI=1S/C11H9N3O2/c1-7-4-5-8(11-10(7)13-16-14-11)12-9-3-2-6-15-9/h2-6,12H,1H3. The van der Waals surface area contributed by atoms with Crippen molar-refractivity contribution < 1.29 is 9.05 Å². The quantitative estimate of drug-likeness (QED) is 0.712. The highest BCUT2D eigenvalue weighted by atomic mass is 16.6. The van der Waals surface area contributed by atoms with Crippen molar-refractivity contribution in [2.45, 2.75) is 6.92 Å². The number of aromatic nitrogens is 2. The predicted octanol–water partition coefficient (Wildman–Crippen LogP) is 2.87. The second-order valence-corrected chi connectivity index (χ2v) is 3.49. The Hall–Kier alpha value is -2.30. The van der Waals surface area contributed by atoms with Gasteiger partial charge in [0.15, 0.2) is 11.4 Å². The third-order valence-corrected chi connectivity index (χ3v) is 2.40. The van der Waals surface area contributed by atoms with E-state index in [-0.39, 0.29) is 0 Å². The summed E-state index contributed by atoms with van der Waals surface area (Å²) in [6.07, 6.45) is 1.61. The van der Waals surface area contributed by atoms with E-state index >= 15 is 0 Å². The largest absolute Gasteiger partial charge is 0.449 e. The van der Waals surface area contributed by atoms with Gasteiger partial charge < -0.3 is 9.73 Å². The van der Waals surface area contributed by atoms with E-state index in [1.807, 2.05) is 31.2 Å². The molecule has 0 aliphatic heterocycles. The van der Waals surface area contributed by atoms with Gasteiger partial charge in [0, 0.05) is 6.07 Å². The first-order valence-electron chi connectivity index (χ1n) is 4.87. The van der Waals surface area contributed by atoms with Gasteiger partial charge in [-0.3, -0.25) is 0 Å². The molecule has 0 spiro atoms. The Kier molecular flexibility index (Phi) is 1.89. The van der Waals surface area contributed by atoms with E-state index in [1.165, 1.54) is 0 Å². The van der Waals surface area contributed by atoms with E-state index in [9.17, 15) is 0 Å². The van der Waals surface area contributed by atoms with Crippen LogP contribution >= 0.6 is 0 Å². The van der Waals surface area contributed by atoms with Crippen molar-refractivity contribution in [3.63, 3.8) is 0 Å². The molecule has 1 N–H and O–H groups in total. The van der Waals surface area contributed by atoms with Gasteiger partial charge in [0.2, 0.25) is 0 Å². The Morgan fingerprint density at radius 1 is 1.12 bits per heavy atom. The van der Waals surface area contributed by atoms with Gasteiger partial charge in [-0.25, -0.2) is 4.63 Å². The first-order chi connectivity index (χ1) is 7.84. The van der Waals surface area contributed by atoms with Crippen LogP contribution in [0.4, 0.5) is 11.6 Å². The molecule has 0 unspecified atom stereocenters. The van der Waals surface area contributed by atoms with Crippen molar-refractivity contribution in [1.29, 1.82) is 0 Å². The van der Waals surface area contributed by atoms with Gasteiger partial charge in [0.05, 0.1) is 12.0 Å². The summed E-state index contributed by atoms with van der Waals surface area (Å²) in [5, 5.41) is 10.8. The fraction of sp³-hybridized carbons (Fsp3) is 0.0909. The number of furan rings is 1. The number of aryl methyl sites for hydroxylation is 1. The second-order valence-electron chi connectivity index (χ2n) is 3.49. The summed E-state index contributed by atoms with van der Waals surface area (Å²) in [6.45, 7) is 1.96. The summed E-state index contributed by atoms with van der Waals surface area (Å²) < 4.78 is 9.94. The van der Waals surface area contributed by atoms with Gasteiger partial charge in [-0.1, -0.05) is 6.07 Å². The number of fused-ring (bicyclic) bond motifs is 1. The highest BCUT2D eigenvalue weighted by Crippen LogP contribution is 2.26. The van der Waals surface area contributed by atoms with Crippen LogP contribution in [-0.2, 0) is 0 Å². The summed E-state index contributed by atoms with van der Waals surface area (Å²) >= 11 is 0. The third kappa shape index (κ3) is 1.33. The lowest BCUT2D eigenvalue weighted by Crippen LogP contribution is -1.90. The summed E-state index contributed by atoms with van der Waals surface area (Å²) in [6, 6.07) is 7.52. The minimum absolute atomic E-state index is 0.660. The Labute approximate surface area is 91.0 Å². The minimum Gasteiger partial charge on any atom is -0.449 e. The summed E-state index contributed by atoms with van der Waals surface area (Å²) in [4.78, 5) is 0. The molecule has 0 aliphatic carbocycles. The van der Waals surface area contributed by atoms with Crippen LogP contribution in [0.2, 0.25) is 0 Å². The zero-order chi connectivity index (χ0) is 11.0. The first kappa shape index (κ1) is 8.96. The second kappa shape index (κ2) is 3.37. The highest BCUT2D eigenvalue weighted by Gasteiger charge is 2.09. The van der Waals surface area contributed by atoms with Crippen molar-refractivity contribution in [1.82, 2.24) is 10.3 Å². The molecule has 0 radical (unpaired) electrons. The molecule has 0 amide bonds. The third-order valence-electron chi connectivity index (χ3n) is 2.40. The minimum atomic E-state index is 0.660. The Bertz CT molecular complexity index is 613. The Morgan fingerprint density at radius 3 is 2.81 bits per heavy atom. The van der Waals surface area contributed by atoms with Gasteiger partial charge in [-0.15, -0.1) is 0 Å². The van der Waals surface area contributed by atoms with Crippen LogP contribution in [0, 0.1) is 6.92 Å². The van der Waals surface area contributed by atoms with Crippen LogP contribution in [-0.4, -0.2) is 10.3 Å². The molecule has 3 rings (SSSR count). The fourth-order valence-electron chi connectivity index (χ4n) is 1.57. The van der Waals surface area contributed by atoms with Crippen molar-refractivity contribution in [3.8, 4) is 0 Å². The zero-order valence-corrected chi connectivity index (χ0v) is 8.60. The summed E-state index contributed by atoms with van der Waals surface area (Å²) in [7, 11) is 0. The SMILES string of the molecule is Cc1ccc(Nc2ccco2)c2nonc12. The van der Waals surface area contributed by atoms with Gasteiger partial charge >= 0.3 is 0 Å². The summed E-state index contributed by atoms with van der Waals surface area (Å²) in [5.41, 5.74) is 3.31. The molecule has 3 aromatic rings. The molecule has 5 nitrogen and oxygen atoms in total. The van der Waals surface area contributed by atoms with Crippen molar-refractivity contribution in [3.05, 3.63) is 36.1 Å². The van der Waals surface area contributed by atoms with Gasteiger partial charge in [0.1, 0.15) is 5.52 Å². The lowest BCUT2D eigenvalue weighted by Gasteiger charge is -2.03. The number of hydrogen-bond donors (Lipinski definition) is 1. The number of nitrogens with one attached hydrogen (secondary N) is 1. The molecule has 0 bridgehead atoms. The number of hydrogen-bond acceptors (Lipinski definition) is 5. The van der Waals surface area contributed by atoms with Crippen LogP contribution in [0.1, 0.15) is 5.56 Å². The van der Waals surface area contributed by atoms with E-state index in [4.69, 9.17) is 9.05 Å². The highest BCUT2D eigenvalue weighted by molar-refractivity contribution is 5.90. The maximum absolute atomic E-state index is 5.20. The molecule has 16 heavy (non-hydrogen) atoms. The van der Waals surface area contributed by atoms with Gasteiger partial charge in [-0.05, 0) is 34.9 Å². The first-order valence-corrected chi connectivity index (χ1v) is 4.87. The van der Waals surface area contributed by atoms with E-state index in [2.05, 4.69) is 15.6 Å². The molecule has 0 aliphatic rings. The molecule has 5 heteroatoms. The molecule has 0 atom stereocenters. The maximum Gasteiger partial charge on any atom is 0.197 e. The average molecular weight is 215 g/mol. The monoisotopic (exact) mass is 215 g/mol. The average Bonchev–Trinajstić information content (AvgIpc) is 2.92. The van der Waals surface area contributed by atoms with E-state index in [0.29, 0.717) is 11.4 Å². The zero-order valence-electron chi connectivity index (χ0n) is 8.60. The number of nitrogens with zero attached hydrogens (tertiary/aromatic N) is 2. The molecule has 2 aromatic heterocycles. The molecular weight excluding hydrogens is 206 g/mol. The normalized spacial score (nSPS) is 10.8. The van der Waals surface area contributed by atoms with Crippen LogP contribution in [0.5, 0.6) is 0 Å².